The van der Waals surface area contributed by atoms with Gasteiger partial charge >= 0.3 is 0 Å². The maximum atomic E-state index is 13.8. The lowest BCUT2D eigenvalue weighted by molar-refractivity contribution is -0.128. The molecule has 1 saturated carbocycles. The van der Waals surface area contributed by atoms with Gasteiger partial charge < -0.3 is 10.1 Å². The highest BCUT2D eigenvalue weighted by molar-refractivity contribution is 5.98. The van der Waals surface area contributed by atoms with E-state index >= 15 is 0 Å². The minimum Gasteiger partial charge on any atom is -0.353 e. The summed E-state index contributed by atoms with van der Waals surface area (Å²) in [6, 6.07) is 5.42. The lowest BCUT2D eigenvalue weighted by Crippen LogP contribution is -2.57. The molecule has 1 N–H and O–H groups in total. The van der Waals surface area contributed by atoms with Gasteiger partial charge in [0.25, 0.3) is 5.91 Å². The summed E-state index contributed by atoms with van der Waals surface area (Å²) in [5, 5.41) is 2.83. The molecule has 31 heavy (non-hydrogen) atoms. The molecule has 1 aliphatic carbocycles. The van der Waals surface area contributed by atoms with E-state index in [1.165, 1.54) is 4.90 Å². The molecule has 2 aromatic rings. The second kappa shape index (κ2) is 8.70. The van der Waals surface area contributed by atoms with E-state index in [0.717, 1.165) is 30.5 Å². The molecule has 1 saturated heterocycles. The third-order valence-electron chi connectivity index (χ3n) is 6.01. The largest absolute Gasteiger partial charge is 0.353 e. The van der Waals surface area contributed by atoms with Crippen molar-refractivity contribution in [3.8, 4) is 0 Å². The van der Waals surface area contributed by atoms with Crippen LogP contribution < -0.4 is 5.32 Å². The van der Waals surface area contributed by atoms with Crippen LogP contribution in [0.15, 0.2) is 42.7 Å². The quantitative estimate of drug-likeness (QED) is 0.809. The van der Waals surface area contributed by atoms with Crippen LogP contribution in [-0.4, -0.2) is 40.1 Å². The van der Waals surface area contributed by atoms with Gasteiger partial charge in [-0.05, 0) is 48.9 Å². The second-order valence-corrected chi connectivity index (χ2v) is 8.39. The van der Waals surface area contributed by atoms with Crippen LogP contribution >= 0.6 is 0 Å². The fourth-order valence-electron chi connectivity index (χ4n) is 4.63. The minimum absolute atomic E-state index is 0.0368. The Hall–Kier alpha value is -2.87. The Balaban J connectivity index is 1.62. The number of nitrogens with zero attached hydrogens (tertiary/aromatic N) is 2. The third-order valence-corrected chi connectivity index (χ3v) is 6.01. The summed E-state index contributed by atoms with van der Waals surface area (Å²) in [6.07, 6.45) is 6.28. The zero-order valence-corrected chi connectivity index (χ0v) is 17.3. The van der Waals surface area contributed by atoms with Crippen molar-refractivity contribution in [2.45, 2.75) is 50.9 Å². The molecule has 3 unspecified atom stereocenters. The first kappa shape index (κ1) is 21.4. The van der Waals surface area contributed by atoms with Crippen LogP contribution in [-0.2, 0) is 16.1 Å². The van der Waals surface area contributed by atoms with Gasteiger partial charge in [-0.15, -0.1) is 0 Å². The molecule has 2 amide bonds. The molecular weight excluding hydrogens is 404 g/mol. The average Bonchev–Trinajstić information content (AvgIpc) is 3.09. The van der Waals surface area contributed by atoms with Gasteiger partial charge in [-0.3, -0.25) is 19.5 Å². The zero-order valence-electron chi connectivity index (χ0n) is 17.3. The van der Waals surface area contributed by atoms with Crippen molar-refractivity contribution in [3.63, 3.8) is 0 Å². The number of halogens is 2. The molecule has 0 bridgehead atoms. The summed E-state index contributed by atoms with van der Waals surface area (Å²) >= 11 is 0. The summed E-state index contributed by atoms with van der Waals surface area (Å²) in [5.41, 5.74) is -0.264. The molecule has 2 heterocycles. The topological polar surface area (TPSA) is 71.5 Å². The van der Waals surface area contributed by atoms with Crippen LogP contribution in [0.3, 0.4) is 0 Å². The smallest absolute Gasteiger partial charge is 0.257 e. The number of carbonyl (C=O) groups excluding carboxylic acids is 2. The van der Waals surface area contributed by atoms with E-state index in [1.54, 1.807) is 18.5 Å². The number of carbonyl (C=O) groups is 2. The van der Waals surface area contributed by atoms with Crippen molar-refractivity contribution in [2.24, 2.45) is 5.92 Å². The number of rotatable bonds is 4. The lowest BCUT2D eigenvalue weighted by atomic mass is 9.83. The van der Waals surface area contributed by atoms with Gasteiger partial charge in [0.15, 0.2) is 0 Å². The standard InChI is InChI=1S/C23H25F2N3O3/c1-15-4-2-6-23(11-15)28(22(30)17-8-18(24)10-19(25)9-17)20(14-31-23)21(29)27-13-16-5-3-7-26-12-16/h3,5,7-10,12,15,20H,2,4,6,11,13-14H2,1H3,(H,27,29). The van der Waals surface area contributed by atoms with Crippen LogP contribution in [0.5, 0.6) is 0 Å². The molecule has 1 spiro atoms. The molecule has 8 heteroatoms. The van der Waals surface area contributed by atoms with E-state index in [0.29, 0.717) is 24.8 Å². The van der Waals surface area contributed by atoms with Gasteiger partial charge in [-0.2, -0.15) is 0 Å². The van der Waals surface area contributed by atoms with Crippen LogP contribution in [0, 0.1) is 17.6 Å². The Morgan fingerprint density at radius 3 is 2.74 bits per heavy atom. The number of pyridine rings is 1. The van der Waals surface area contributed by atoms with Crippen molar-refractivity contribution >= 4 is 11.8 Å². The summed E-state index contributed by atoms with van der Waals surface area (Å²) in [5.74, 6) is -2.36. The monoisotopic (exact) mass is 429 g/mol. The Kier molecular flexibility index (Phi) is 6.00. The molecule has 4 rings (SSSR count). The van der Waals surface area contributed by atoms with Crippen molar-refractivity contribution in [1.29, 1.82) is 0 Å². The van der Waals surface area contributed by atoms with Crippen molar-refractivity contribution in [1.82, 2.24) is 15.2 Å². The Labute approximate surface area is 179 Å². The molecule has 164 valence electrons. The number of aromatic nitrogens is 1. The summed E-state index contributed by atoms with van der Waals surface area (Å²) in [7, 11) is 0. The molecule has 2 fully saturated rings. The van der Waals surface area contributed by atoms with Gasteiger partial charge in [-0.1, -0.05) is 19.4 Å². The fourth-order valence-corrected chi connectivity index (χ4v) is 4.63. The highest BCUT2D eigenvalue weighted by Crippen LogP contribution is 2.43. The molecule has 1 aromatic carbocycles. The summed E-state index contributed by atoms with van der Waals surface area (Å²) in [6.45, 7) is 2.36. The van der Waals surface area contributed by atoms with E-state index in [-0.39, 0.29) is 24.6 Å². The maximum Gasteiger partial charge on any atom is 0.257 e. The van der Waals surface area contributed by atoms with Gasteiger partial charge in [0.2, 0.25) is 5.91 Å². The highest BCUT2D eigenvalue weighted by Gasteiger charge is 2.54. The van der Waals surface area contributed by atoms with Crippen LogP contribution in [0.1, 0.15) is 48.5 Å². The van der Waals surface area contributed by atoms with E-state index in [2.05, 4.69) is 17.2 Å². The predicted molar refractivity (Wildman–Crippen MR) is 109 cm³/mol. The Bertz CT molecular complexity index is 952. The zero-order chi connectivity index (χ0) is 22.0. The molecular formula is C23H25F2N3O3. The Morgan fingerprint density at radius 1 is 1.29 bits per heavy atom. The molecule has 6 nitrogen and oxygen atoms in total. The molecule has 3 atom stereocenters. The first-order valence-corrected chi connectivity index (χ1v) is 10.5. The molecule has 0 radical (unpaired) electrons. The third kappa shape index (κ3) is 4.44. The van der Waals surface area contributed by atoms with E-state index < -0.39 is 29.3 Å². The minimum atomic E-state index is -0.951. The molecule has 1 aromatic heterocycles. The number of nitrogens with one attached hydrogen (secondary N) is 1. The number of ether oxygens (including phenoxy) is 1. The highest BCUT2D eigenvalue weighted by atomic mass is 19.1. The van der Waals surface area contributed by atoms with Crippen molar-refractivity contribution in [2.75, 3.05) is 6.61 Å². The fraction of sp³-hybridized carbons (Fsp3) is 0.435. The number of hydrogen-bond acceptors (Lipinski definition) is 4. The normalized spacial score (nSPS) is 25.6. The van der Waals surface area contributed by atoms with E-state index in [9.17, 15) is 18.4 Å². The van der Waals surface area contributed by atoms with Gasteiger partial charge in [-0.25, -0.2) is 8.78 Å². The average molecular weight is 429 g/mol. The maximum absolute atomic E-state index is 13.8. The lowest BCUT2D eigenvalue weighted by Gasteiger charge is -2.43. The first-order chi connectivity index (χ1) is 14.9. The number of hydrogen-bond donors (Lipinski definition) is 1. The van der Waals surface area contributed by atoms with Crippen molar-refractivity contribution < 1.29 is 23.1 Å². The summed E-state index contributed by atoms with van der Waals surface area (Å²) in [4.78, 5) is 31.9. The van der Waals surface area contributed by atoms with Gasteiger partial charge in [0.1, 0.15) is 23.4 Å². The van der Waals surface area contributed by atoms with Crippen molar-refractivity contribution in [3.05, 3.63) is 65.5 Å². The number of benzene rings is 1. The predicted octanol–water partition coefficient (Wildman–Crippen LogP) is 3.42. The molecule has 1 aliphatic heterocycles. The van der Waals surface area contributed by atoms with E-state index in [4.69, 9.17) is 4.74 Å². The van der Waals surface area contributed by atoms with Crippen LogP contribution in [0.2, 0.25) is 0 Å². The number of amides is 2. The van der Waals surface area contributed by atoms with Crippen LogP contribution in [0.4, 0.5) is 8.78 Å². The van der Waals surface area contributed by atoms with Gasteiger partial charge in [0, 0.05) is 30.6 Å². The molecule has 2 aliphatic rings. The van der Waals surface area contributed by atoms with Gasteiger partial charge in [0.05, 0.1) is 6.61 Å². The van der Waals surface area contributed by atoms with E-state index in [1.807, 2.05) is 6.07 Å². The first-order valence-electron chi connectivity index (χ1n) is 10.5. The SMILES string of the molecule is CC1CCCC2(C1)OCC(C(=O)NCc1cccnc1)N2C(=O)c1cc(F)cc(F)c1. The summed E-state index contributed by atoms with van der Waals surface area (Å²) < 4.78 is 33.7. The second-order valence-electron chi connectivity index (χ2n) is 8.39. The van der Waals surface area contributed by atoms with Crippen LogP contribution in [0.25, 0.3) is 0 Å². The Morgan fingerprint density at radius 2 is 2.06 bits per heavy atom.